The van der Waals surface area contributed by atoms with Gasteiger partial charge in [0.15, 0.2) is 6.61 Å². The maximum Gasteiger partial charge on any atom is 0.260 e. The lowest BCUT2D eigenvalue weighted by Crippen LogP contribution is -2.39. The van der Waals surface area contributed by atoms with Crippen LogP contribution in [0.2, 0.25) is 0 Å². The van der Waals surface area contributed by atoms with Gasteiger partial charge in [-0.25, -0.2) is 0 Å². The third-order valence-electron chi connectivity index (χ3n) is 5.70. The first kappa shape index (κ1) is 26.8. The summed E-state index contributed by atoms with van der Waals surface area (Å²) in [7, 11) is 1.66. The summed E-state index contributed by atoms with van der Waals surface area (Å²) in [6, 6.07) is 15.4. The fraction of sp³-hybridized carbons (Fsp3) is 0.500. The Labute approximate surface area is 204 Å². The van der Waals surface area contributed by atoms with Crippen molar-refractivity contribution in [1.82, 2.24) is 9.80 Å². The second kappa shape index (κ2) is 14.7. The minimum Gasteiger partial charge on any atom is -0.497 e. The van der Waals surface area contributed by atoms with Gasteiger partial charge >= 0.3 is 0 Å². The van der Waals surface area contributed by atoms with Gasteiger partial charge in [-0.1, -0.05) is 25.5 Å². The van der Waals surface area contributed by atoms with E-state index < -0.39 is 0 Å². The summed E-state index contributed by atoms with van der Waals surface area (Å²) in [6.45, 7) is 7.21. The van der Waals surface area contributed by atoms with Gasteiger partial charge in [-0.2, -0.15) is 0 Å². The van der Waals surface area contributed by atoms with E-state index in [-0.39, 0.29) is 24.9 Å². The predicted molar refractivity (Wildman–Crippen MR) is 134 cm³/mol. The summed E-state index contributed by atoms with van der Waals surface area (Å²) in [6.07, 6.45) is 4.62. The molecule has 0 aromatic heterocycles. The van der Waals surface area contributed by atoms with Gasteiger partial charge in [0.05, 0.1) is 13.7 Å². The Hall–Kier alpha value is -2.44. The molecule has 2 aromatic rings. The molecule has 1 fully saturated rings. The van der Waals surface area contributed by atoms with Crippen LogP contribution in [0.3, 0.4) is 0 Å². The van der Waals surface area contributed by atoms with E-state index in [0.29, 0.717) is 25.4 Å². The van der Waals surface area contributed by atoms with E-state index in [1.165, 1.54) is 12.8 Å². The van der Waals surface area contributed by atoms with Gasteiger partial charge in [0.1, 0.15) is 17.2 Å². The maximum absolute atomic E-state index is 13.0. The van der Waals surface area contributed by atoms with Crippen LogP contribution in [0.1, 0.15) is 38.2 Å². The highest BCUT2D eigenvalue weighted by Gasteiger charge is 2.18. The first-order valence-electron chi connectivity index (χ1n) is 11.7. The van der Waals surface area contributed by atoms with Crippen LogP contribution in [0.4, 0.5) is 0 Å². The van der Waals surface area contributed by atoms with Gasteiger partial charge in [-0.15, -0.1) is 12.4 Å². The van der Waals surface area contributed by atoms with Crippen LogP contribution in [0.5, 0.6) is 17.2 Å². The van der Waals surface area contributed by atoms with E-state index in [1.807, 2.05) is 53.4 Å². The topological polar surface area (TPSA) is 51.2 Å². The Morgan fingerprint density at radius 3 is 2.36 bits per heavy atom. The normalized spacial score (nSPS) is 13.3. The summed E-state index contributed by atoms with van der Waals surface area (Å²) in [5.74, 6) is 2.27. The van der Waals surface area contributed by atoms with Crippen molar-refractivity contribution in [2.75, 3.05) is 46.5 Å². The van der Waals surface area contributed by atoms with Crippen molar-refractivity contribution in [2.24, 2.45) is 0 Å². The molecule has 0 unspecified atom stereocenters. The van der Waals surface area contributed by atoms with E-state index >= 15 is 0 Å². The molecule has 1 heterocycles. The molecule has 2 aromatic carbocycles. The highest BCUT2D eigenvalue weighted by atomic mass is 35.5. The molecule has 0 bridgehead atoms. The number of nitrogens with zero attached hydrogens (tertiary/aromatic N) is 2. The summed E-state index contributed by atoms with van der Waals surface area (Å²) in [5, 5.41) is 0. The third-order valence-corrected chi connectivity index (χ3v) is 5.70. The molecule has 0 aliphatic carbocycles. The summed E-state index contributed by atoms with van der Waals surface area (Å²) >= 11 is 0. The maximum atomic E-state index is 13.0. The van der Waals surface area contributed by atoms with Crippen LogP contribution in [0, 0.1) is 0 Å². The minimum absolute atomic E-state index is 0. The summed E-state index contributed by atoms with van der Waals surface area (Å²) < 4.78 is 16.8. The monoisotopic (exact) mass is 476 g/mol. The number of unbranched alkanes of at least 4 members (excludes halogenated alkanes) is 1. The predicted octanol–water partition coefficient (Wildman–Crippen LogP) is 4.80. The number of halogens is 1. The number of likely N-dealkylation sites (tertiary alicyclic amines) is 1. The number of carbonyl (C=O) groups excluding carboxylic acids is 1. The molecule has 0 saturated carbocycles. The molecule has 0 N–H and O–H groups in total. The molecular formula is C26H37ClN2O4. The number of rotatable bonds is 13. The molecule has 0 spiro atoms. The average molecular weight is 477 g/mol. The molecular weight excluding hydrogens is 440 g/mol. The Bertz CT molecular complexity index is 825. The molecule has 182 valence electrons. The van der Waals surface area contributed by atoms with E-state index in [2.05, 4.69) is 11.8 Å². The van der Waals surface area contributed by atoms with Crippen molar-refractivity contribution < 1.29 is 19.0 Å². The number of benzene rings is 2. The van der Waals surface area contributed by atoms with Gasteiger partial charge in [-0.05, 0) is 74.3 Å². The van der Waals surface area contributed by atoms with Crippen molar-refractivity contribution >= 4 is 18.3 Å². The lowest BCUT2D eigenvalue weighted by atomic mass is 10.2. The molecule has 1 amide bonds. The SMILES string of the molecule is CCCCOc1ccc(OCC(=O)N(CCN2CCCC2)Cc2cccc(OC)c2)cc1.Cl. The van der Waals surface area contributed by atoms with Crippen molar-refractivity contribution in [3.63, 3.8) is 0 Å². The first-order chi connectivity index (χ1) is 15.7. The molecule has 33 heavy (non-hydrogen) atoms. The van der Waals surface area contributed by atoms with Crippen molar-refractivity contribution in [3.05, 3.63) is 54.1 Å². The molecule has 1 saturated heterocycles. The Morgan fingerprint density at radius 1 is 1.00 bits per heavy atom. The van der Waals surface area contributed by atoms with Crippen LogP contribution in [0.15, 0.2) is 48.5 Å². The van der Waals surface area contributed by atoms with Crippen LogP contribution in [-0.4, -0.2) is 62.2 Å². The zero-order valence-electron chi connectivity index (χ0n) is 19.8. The number of ether oxygens (including phenoxy) is 3. The van der Waals surface area contributed by atoms with E-state index in [4.69, 9.17) is 14.2 Å². The van der Waals surface area contributed by atoms with E-state index in [9.17, 15) is 4.79 Å². The molecule has 0 atom stereocenters. The van der Waals surface area contributed by atoms with Crippen molar-refractivity contribution in [3.8, 4) is 17.2 Å². The Morgan fingerprint density at radius 2 is 1.70 bits per heavy atom. The largest absolute Gasteiger partial charge is 0.497 e. The van der Waals surface area contributed by atoms with Gasteiger partial charge in [-0.3, -0.25) is 4.79 Å². The molecule has 3 rings (SSSR count). The fourth-order valence-corrected chi connectivity index (χ4v) is 3.75. The smallest absolute Gasteiger partial charge is 0.260 e. The van der Waals surface area contributed by atoms with Gasteiger partial charge in [0.25, 0.3) is 5.91 Å². The number of hydrogen-bond acceptors (Lipinski definition) is 5. The Balaban J connectivity index is 0.00000385. The molecule has 6 nitrogen and oxygen atoms in total. The van der Waals surface area contributed by atoms with Crippen molar-refractivity contribution in [1.29, 1.82) is 0 Å². The lowest BCUT2D eigenvalue weighted by molar-refractivity contribution is -0.134. The van der Waals surface area contributed by atoms with E-state index in [1.54, 1.807) is 7.11 Å². The van der Waals surface area contributed by atoms with E-state index in [0.717, 1.165) is 49.5 Å². The second-order valence-electron chi connectivity index (χ2n) is 8.18. The number of methoxy groups -OCH3 is 1. The molecule has 1 aliphatic heterocycles. The second-order valence-corrected chi connectivity index (χ2v) is 8.18. The zero-order valence-corrected chi connectivity index (χ0v) is 20.6. The summed E-state index contributed by atoms with van der Waals surface area (Å²) in [5.41, 5.74) is 1.05. The fourth-order valence-electron chi connectivity index (χ4n) is 3.75. The highest BCUT2D eigenvalue weighted by Crippen LogP contribution is 2.19. The van der Waals surface area contributed by atoms with Gasteiger partial charge in [0, 0.05) is 19.6 Å². The summed E-state index contributed by atoms with van der Waals surface area (Å²) in [4.78, 5) is 17.4. The lowest BCUT2D eigenvalue weighted by Gasteiger charge is -2.26. The molecule has 7 heteroatoms. The van der Waals surface area contributed by atoms with Crippen LogP contribution in [0.25, 0.3) is 0 Å². The van der Waals surface area contributed by atoms with Crippen LogP contribution >= 0.6 is 12.4 Å². The number of carbonyl (C=O) groups is 1. The average Bonchev–Trinajstić information content (AvgIpc) is 3.35. The third kappa shape index (κ3) is 9.14. The number of hydrogen-bond donors (Lipinski definition) is 0. The Kier molecular flexibility index (Phi) is 11.9. The molecule has 0 radical (unpaired) electrons. The quantitative estimate of drug-likeness (QED) is 0.389. The first-order valence-corrected chi connectivity index (χ1v) is 11.7. The van der Waals surface area contributed by atoms with Crippen LogP contribution in [-0.2, 0) is 11.3 Å². The number of amides is 1. The molecule has 1 aliphatic rings. The highest BCUT2D eigenvalue weighted by molar-refractivity contribution is 5.85. The van der Waals surface area contributed by atoms with Gasteiger partial charge < -0.3 is 24.0 Å². The minimum atomic E-state index is -0.0183. The van der Waals surface area contributed by atoms with Gasteiger partial charge in [0.2, 0.25) is 0 Å². The van der Waals surface area contributed by atoms with Crippen LogP contribution < -0.4 is 14.2 Å². The standard InChI is InChI=1S/C26H36N2O4.ClH/c1-3-4-18-31-23-10-12-24(13-11-23)32-21-26(29)28(17-16-27-14-5-6-15-27)20-22-8-7-9-25(19-22)30-2;/h7-13,19H,3-6,14-18,20-21H2,1-2H3;1H. The van der Waals surface area contributed by atoms with Crippen molar-refractivity contribution in [2.45, 2.75) is 39.2 Å². The zero-order chi connectivity index (χ0) is 22.6.